The molecule has 2 rings (SSSR count). The summed E-state index contributed by atoms with van der Waals surface area (Å²) in [5.74, 6) is -1.51. The predicted molar refractivity (Wildman–Crippen MR) is 72.6 cm³/mol. The lowest BCUT2D eigenvalue weighted by molar-refractivity contribution is -0.144. The van der Waals surface area contributed by atoms with Crippen LogP contribution in [0.5, 0.6) is 0 Å². The van der Waals surface area contributed by atoms with Crippen molar-refractivity contribution in [3.8, 4) is 0 Å². The Morgan fingerprint density at radius 2 is 2.00 bits per heavy atom. The normalized spacial score (nSPS) is 18.6. The zero-order valence-electron chi connectivity index (χ0n) is 11.7. The van der Waals surface area contributed by atoms with E-state index in [9.17, 15) is 24.9 Å². The van der Waals surface area contributed by atoms with Crippen LogP contribution in [-0.2, 0) is 19.7 Å². The van der Waals surface area contributed by atoms with Crippen molar-refractivity contribution in [2.75, 3.05) is 7.11 Å². The summed E-state index contributed by atoms with van der Waals surface area (Å²) >= 11 is 0. The molecule has 1 aliphatic rings. The van der Waals surface area contributed by atoms with Crippen LogP contribution in [0, 0.1) is 0 Å². The van der Waals surface area contributed by atoms with Gasteiger partial charge in [-0.05, 0) is 24.0 Å². The van der Waals surface area contributed by atoms with E-state index in [1.807, 2.05) is 0 Å². The minimum atomic E-state index is -1.30. The van der Waals surface area contributed by atoms with E-state index in [4.69, 9.17) is 0 Å². The molecule has 0 aromatic heterocycles. The minimum Gasteiger partial charge on any atom is -0.481 e. The first-order chi connectivity index (χ1) is 9.90. The van der Waals surface area contributed by atoms with Crippen LogP contribution < -0.4 is 0 Å². The van der Waals surface area contributed by atoms with Crippen molar-refractivity contribution in [3.63, 3.8) is 0 Å². The third kappa shape index (κ3) is 3.06. The SMILES string of the molecule is COC(=O)CC(O)C(O)c1cccc(C2(C(=O)O)CC2)c1. The average molecular weight is 294 g/mol. The molecule has 1 aromatic carbocycles. The second-order valence-electron chi connectivity index (χ2n) is 5.31. The molecule has 1 aromatic rings. The van der Waals surface area contributed by atoms with Crippen LogP contribution in [0.2, 0.25) is 0 Å². The number of carbonyl (C=O) groups excluding carboxylic acids is 1. The lowest BCUT2D eigenvalue weighted by Gasteiger charge is -2.19. The molecule has 3 N–H and O–H groups in total. The maximum atomic E-state index is 11.3. The number of esters is 1. The van der Waals surface area contributed by atoms with Crippen molar-refractivity contribution < 1.29 is 29.6 Å². The van der Waals surface area contributed by atoms with Crippen molar-refractivity contribution in [3.05, 3.63) is 35.4 Å². The van der Waals surface area contributed by atoms with Gasteiger partial charge in [0.15, 0.2) is 0 Å². The van der Waals surface area contributed by atoms with E-state index < -0.39 is 29.6 Å². The summed E-state index contributed by atoms with van der Waals surface area (Å²) in [6.07, 6.45) is -1.77. The Labute approximate surface area is 122 Å². The van der Waals surface area contributed by atoms with Gasteiger partial charge in [0.05, 0.1) is 25.0 Å². The standard InChI is InChI=1S/C15H18O6/c1-21-12(17)8-11(16)13(18)9-3-2-4-10(7-9)15(5-6-15)14(19)20/h2-4,7,11,13,16,18H,5-6,8H2,1H3,(H,19,20). The van der Waals surface area contributed by atoms with Crippen LogP contribution in [0.1, 0.15) is 36.5 Å². The molecule has 1 aliphatic carbocycles. The van der Waals surface area contributed by atoms with Crippen LogP contribution in [0.4, 0.5) is 0 Å². The van der Waals surface area contributed by atoms with Gasteiger partial charge in [0.25, 0.3) is 0 Å². The Kier molecular flexibility index (Phi) is 4.29. The van der Waals surface area contributed by atoms with E-state index in [0.29, 0.717) is 24.0 Å². The Balaban J connectivity index is 2.17. The molecule has 6 nitrogen and oxygen atoms in total. The Bertz CT molecular complexity index is 549. The molecular weight excluding hydrogens is 276 g/mol. The van der Waals surface area contributed by atoms with Gasteiger partial charge in [-0.1, -0.05) is 24.3 Å². The van der Waals surface area contributed by atoms with Gasteiger partial charge in [0, 0.05) is 0 Å². The number of hydrogen-bond acceptors (Lipinski definition) is 5. The van der Waals surface area contributed by atoms with E-state index in [1.54, 1.807) is 24.3 Å². The van der Waals surface area contributed by atoms with Gasteiger partial charge in [-0.25, -0.2) is 0 Å². The van der Waals surface area contributed by atoms with Crippen LogP contribution in [-0.4, -0.2) is 40.5 Å². The highest BCUT2D eigenvalue weighted by molar-refractivity contribution is 5.85. The molecule has 0 spiro atoms. The average Bonchev–Trinajstić information content (AvgIpc) is 3.28. The molecule has 2 atom stereocenters. The maximum absolute atomic E-state index is 11.3. The van der Waals surface area contributed by atoms with E-state index in [-0.39, 0.29) is 6.42 Å². The number of ether oxygens (including phenoxy) is 1. The van der Waals surface area contributed by atoms with Crippen molar-refractivity contribution in [1.82, 2.24) is 0 Å². The largest absolute Gasteiger partial charge is 0.481 e. The van der Waals surface area contributed by atoms with Crippen LogP contribution in [0.3, 0.4) is 0 Å². The number of carboxylic acids is 1. The van der Waals surface area contributed by atoms with Crippen molar-refractivity contribution in [1.29, 1.82) is 0 Å². The monoisotopic (exact) mass is 294 g/mol. The quantitative estimate of drug-likeness (QED) is 0.669. The van der Waals surface area contributed by atoms with Gasteiger partial charge < -0.3 is 20.1 Å². The summed E-state index contributed by atoms with van der Waals surface area (Å²) in [5, 5.41) is 29.2. The van der Waals surface area contributed by atoms with Gasteiger partial charge >= 0.3 is 11.9 Å². The van der Waals surface area contributed by atoms with E-state index in [1.165, 1.54) is 7.11 Å². The number of hydrogen-bond donors (Lipinski definition) is 3. The number of carbonyl (C=O) groups is 2. The van der Waals surface area contributed by atoms with E-state index in [0.717, 1.165) is 0 Å². The number of aliphatic hydroxyl groups is 2. The number of aliphatic carboxylic acids is 1. The second-order valence-corrected chi connectivity index (χ2v) is 5.31. The summed E-state index contributed by atoms with van der Waals surface area (Å²) in [4.78, 5) is 22.4. The van der Waals surface area contributed by atoms with E-state index in [2.05, 4.69) is 4.74 Å². The fourth-order valence-electron chi connectivity index (χ4n) is 2.36. The summed E-state index contributed by atoms with van der Waals surface area (Å²) in [7, 11) is 1.20. The second kappa shape index (κ2) is 5.83. The van der Waals surface area contributed by atoms with Crippen LogP contribution in [0.25, 0.3) is 0 Å². The van der Waals surface area contributed by atoms with Gasteiger partial charge in [-0.15, -0.1) is 0 Å². The Morgan fingerprint density at radius 3 is 2.52 bits per heavy atom. The first-order valence-electron chi connectivity index (χ1n) is 6.67. The Morgan fingerprint density at radius 1 is 1.33 bits per heavy atom. The summed E-state index contributed by atoms with van der Waals surface area (Å²) in [5.41, 5.74) is 0.122. The lowest BCUT2D eigenvalue weighted by atomic mass is 9.92. The molecule has 6 heteroatoms. The highest BCUT2D eigenvalue weighted by atomic mass is 16.5. The zero-order valence-corrected chi connectivity index (χ0v) is 11.7. The van der Waals surface area contributed by atoms with Gasteiger partial charge in [0.1, 0.15) is 6.10 Å². The predicted octanol–water partition coefficient (Wildman–Crippen LogP) is 0.760. The highest BCUT2D eigenvalue weighted by Gasteiger charge is 2.51. The topological polar surface area (TPSA) is 104 Å². The molecule has 0 saturated heterocycles. The lowest BCUT2D eigenvalue weighted by Crippen LogP contribution is -2.24. The van der Waals surface area contributed by atoms with E-state index >= 15 is 0 Å². The molecule has 114 valence electrons. The Hall–Kier alpha value is -1.92. The molecule has 0 aliphatic heterocycles. The number of aliphatic hydroxyl groups excluding tert-OH is 2. The fourth-order valence-corrected chi connectivity index (χ4v) is 2.36. The third-order valence-corrected chi connectivity index (χ3v) is 3.91. The first kappa shape index (κ1) is 15.5. The third-order valence-electron chi connectivity index (χ3n) is 3.91. The van der Waals surface area contributed by atoms with Gasteiger partial charge in [0.2, 0.25) is 0 Å². The molecule has 2 unspecified atom stereocenters. The molecule has 21 heavy (non-hydrogen) atoms. The number of carboxylic acid groups (broad SMARTS) is 1. The molecule has 0 amide bonds. The summed E-state index contributed by atoms with van der Waals surface area (Å²) in [6.45, 7) is 0. The maximum Gasteiger partial charge on any atom is 0.314 e. The van der Waals surface area contributed by atoms with Crippen molar-refractivity contribution in [2.24, 2.45) is 0 Å². The summed E-state index contributed by atoms with van der Waals surface area (Å²) in [6, 6.07) is 6.50. The van der Waals surface area contributed by atoms with Gasteiger partial charge in [-0.3, -0.25) is 9.59 Å². The molecular formula is C15H18O6. The minimum absolute atomic E-state index is 0.327. The van der Waals surface area contributed by atoms with Crippen LogP contribution >= 0.6 is 0 Å². The fraction of sp³-hybridized carbons (Fsp3) is 0.467. The zero-order chi connectivity index (χ0) is 15.6. The molecule has 1 saturated carbocycles. The van der Waals surface area contributed by atoms with Crippen LogP contribution in [0.15, 0.2) is 24.3 Å². The van der Waals surface area contributed by atoms with Crippen molar-refractivity contribution >= 4 is 11.9 Å². The molecule has 0 heterocycles. The summed E-state index contributed by atoms with van der Waals surface area (Å²) < 4.78 is 4.44. The number of methoxy groups -OCH3 is 1. The molecule has 0 radical (unpaired) electrons. The first-order valence-corrected chi connectivity index (χ1v) is 6.67. The number of rotatable bonds is 6. The smallest absolute Gasteiger partial charge is 0.314 e. The highest BCUT2D eigenvalue weighted by Crippen LogP contribution is 2.48. The molecule has 0 bridgehead atoms. The van der Waals surface area contributed by atoms with Gasteiger partial charge in [-0.2, -0.15) is 0 Å². The number of benzene rings is 1. The van der Waals surface area contributed by atoms with Crippen molar-refractivity contribution in [2.45, 2.75) is 36.9 Å². The molecule has 1 fully saturated rings.